The molecule has 8 nitrogen and oxygen atoms in total. The average molecular weight is 415 g/mol. The Kier molecular flexibility index (Phi) is 5.51. The van der Waals surface area contributed by atoms with E-state index in [0.717, 1.165) is 42.5 Å². The largest absolute Gasteiger partial charge is 0.317 e. The number of sulfonamides is 1. The summed E-state index contributed by atoms with van der Waals surface area (Å²) in [5.74, 6) is 0. The van der Waals surface area contributed by atoms with Crippen LogP contribution in [0.1, 0.15) is 49.8 Å². The predicted octanol–water partition coefficient (Wildman–Crippen LogP) is 2.80. The highest BCUT2D eigenvalue weighted by molar-refractivity contribution is 7.89. The topological polar surface area (TPSA) is 94.7 Å². The maximum Gasteiger partial charge on any atom is 0.241 e. The van der Waals surface area contributed by atoms with Crippen LogP contribution in [-0.4, -0.2) is 39.0 Å². The summed E-state index contributed by atoms with van der Waals surface area (Å²) in [6.45, 7) is 3.94. The first-order valence-corrected chi connectivity index (χ1v) is 11.5. The van der Waals surface area contributed by atoms with Gasteiger partial charge in [0.05, 0.1) is 16.8 Å². The molecule has 1 saturated carbocycles. The zero-order chi connectivity index (χ0) is 20.4. The van der Waals surface area contributed by atoms with E-state index in [9.17, 15) is 8.42 Å². The molecule has 1 aliphatic carbocycles. The second-order valence-corrected chi connectivity index (χ2v) is 9.34. The Bertz CT molecular complexity index is 1070. The molecule has 0 saturated heterocycles. The van der Waals surface area contributed by atoms with Crippen molar-refractivity contribution in [1.29, 1.82) is 0 Å². The van der Waals surface area contributed by atoms with E-state index >= 15 is 0 Å². The third kappa shape index (κ3) is 4.25. The van der Waals surface area contributed by atoms with Gasteiger partial charge >= 0.3 is 0 Å². The highest BCUT2D eigenvalue weighted by Crippen LogP contribution is 2.29. The third-order valence-corrected chi connectivity index (χ3v) is 7.14. The molecule has 0 aliphatic heterocycles. The van der Waals surface area contributed by atoms with Crippen LogP contribution in [0.5, 0.6) is 0 Å². The van der Waals surface area contributed by atoms with Gasteiger partial charge in [0.1, 0.15) is 12.7 Å². The fourth-order valence-electron chi connectivity index (χ4n) is 4.02. The van der Waals surface area contributed by atoms with Crippen LogP contribution in [0, 0.1) is 6.92 Å². The van der Waals surface area contributed by atoms with E-state index < -0.39 is 10.0 Å². The number of nitrogens with zero attached hydrogens (tertiary/aromatic N) is 5. The minimum atomic E-state index is -3.61. The lowest BCUT2D eigenvalue weighted by molar-refractivity contribution is 0.305. The standard InChI is InChI=1S/C20H26N6O2S/c1-3-16-9-19(26-12-15(2)11-23-26)7-8-20(16)29(27,28)24-17-5-4-6-18(10-17)25-13-21-22-14-25/h7-9,11-14,17-18,24H,3-6,10H2,1-2H3/t17-,18+/m0/s1. The summed E-state index contributed by atoms with van der Waals surface area (Å²) in [4.78, 5) is 0.346. The van der Waals surface area contributed by atoms with E-state index in [0.29, 0.717) is 11.3 Å². The van der Waals surface area contributed by atoms with Crippen molar-refractivity contribution in [3.8, 4) is 5.69 Å². The van der Waals surface area contributed by atoms with Crippen LogP contribution in [-0.2, 0) is 16.4 Å². The van der Waals surface area contributed by atoms with Gasteiger partial charge in [-0.3, -0.25) is 0 Å². The minimum absolute atomic E-state index is 0.0979. The first-order valence-electron chi connectivity index (χ1n) is 9.97. The van der Waals surface area contributed by atoms with Crippen molar-refractivity contribution in [2.45, 2.75) is 62.9 Å². The highest BCUT2D eigenvalue weighted by Gasteiger charge is 2.28. The van der Waals surface area contributed by atoms with Crippen molar-refractivity contribution in [2.24, 2.45) is 0 Å². The summed E-state index contributed by atoms with van der Waals surface area (Å²) >= 11 is 0. The summed E-state index contributed by atoms with van der Waals surface area (Å²) in [7, 11) is -3.61. The summed E-state index contributed by atoms with van der Waals surface area (Å²) in [6.07, 6.45) is 11.3. The molecule has 29 heavy (non-hydrogen) atoms. The van der Waals surface area contributed by atoms with Crippen molar-refractivity contribution in [1.82, 2.24) is 29.3 Å². The molecule has 2 atom stereocenters. The van der Waals surface area contributed by atoms with Crippen molar-refractivity contribution < 1.29 is 8.42 Å². The Morgan fingerprint density at radius 2 is 2.00 bits per heavy atom. The monoisotopic (exact) mass is 414 g/mol. The van der Waals surface area contributed by atoms with Crippen molar-refractivity contribution in [3.63, 3.8) is 0 Å². The molecular formula is C20H26N6O2S. The van der Waals surface area contributed by atoms with E-state index in [4.69, 9.17) is 0 Å². The molecule has 1 N–H and O–H groups in total. The number of hydrogen-bond donors (Lipinski definition) is 1. The molecule has 0 spiro atoms. The van der Waals surface area contributed by atoms with Gasteiger partial charge in [-0.2, -0.15) is 5.10 Å². The van der Waals surface area contributed by atoms with Crippen LogP contribution >= 0.6 is 0 Å². The summed E-state index contributed by atoms with van der Waals surface area (Å²) in [5, 5.41) is 12.1. The van der Waals surface area contributed by atoms with Gasteiger partial charge in [0.2, 0.25) is 10.0 Å². The molecule has 1 aliphatic rings. The molecular weight excluding hydrogens is 388 g/mol. The highest BCUT2D eigenvalue weighted by atomic mass is 32.2. The van der Waals surface area contributed by atoms with E-state index in [1.54, 1.807) is 35.7 Å². The van der Waals surface area contributed by atoms with Crippen LogP contribution in [0.25, 0.3) is 5.69 Å². The van der Waals surface area contributed by atoms with E-state index in [1.807, 2.05) is 30.7 Å². The molecule has 2 heterocycles. The molecule has 2 aromatic heterocycles. The van der Waals surface area contributed by atoms with Crippen molar-refractivity contribution in [3.05, 3.63) is 54.4 Å². The van der Waals surface area contributed by atoms with Gasteiger partial charge in [0.25, 0.3) is 0 Å². The van der Waals surface area contributed by atoms with Gasteiger partial charge in [-0.1, -0.05) is 6.92 Å². The van der Waals surface area contributed by atoms with Gasteiger partial charge in [0.15, 0.2) is 0 Å². The van der Waals surface area contributed by atoms with Crippen molar-refractivity contribution >= 4 is 10.0 Å². The number of hydrogen-bond acceptors (Lipinski definition) is 5. The Hall–Kier alpha value is -2.52. The number of benzene rings is 1. The molecule has 3 aromatic rings. The molecule has 9 heteroatoms. The second kappa shape index (κ2) is 8.08. The second-order valence-electron chi connectivity index (χ2n) is 7.66. The van der Waals surface area contributed by atoms with Gasteiger partial charge in [0, 0.05) is 18.3 Å². The Morgan fingerprint density at radius 3 is 2.69 bits per heavy atom. The smallest absolute Gasteiger partial charge is 0.241 e. The van der Waals surface area contributed by atoms with Crippen LogP contribution in [0.4, 0.5) is 0 Å². The fourth-order valence-corrected chi connectivity index (χ4v) is 5.60. The van der Waals surface area contributed by atoms with Crippen LogP contribution in [0.2, 0.25) is 0 Å². The summed E-state index contributed by atoms with van der Waals surface area (Å²) < 4.78 is 33.0. The van der Waals surface area contributed by atoms with E-state index in [2.05, 4.69) is 20.0 Å². The summed E-state index contributed by atoms with van der Waals surface area (Å²) in [5.41, 5.74) is 2.70. The quantitative estimate of drug-likeness (QED) is 0.669. The lowest BCUT2D eigenvalue weighted by Crippen LogP contribution is -2.39. The Morgan fingerprint density at radius 1 is 1.21 bits per heavy atom. The van der Waals surface area contributed by atoms with Gasteiger partial charge < -0.3 is 4.57 Å². The maximum absolute atomic E-state index is 13.2. The maximum atomic E-state index is 13.2. The lowest BCUT2D eigenvalue weighted by atomic mass is 9.91. The Labute approximate surface area is 171 Å². The first kappa shape index (κ1) is 19.8. The zero-order valence-corrected chi connectivity index (χ0v) is 17.5. The number of aromatic nitrogens is 5. The number of nitrogens with one attached hydrogen (secondary N) is 1. The first-order chi connectivity index (χ1) is 14.0. The molecule has 1 aromatic carbocycles. The average Bonchev–Trinajstić information content (AvgIpc) is 3.39. The molecule has 154 valence electrons. The third-order valence-electron chi connectivity index (χ3n) is 5.52. The normalized spacial score (nSPS) is 20.1. The molecule has 1 fully saturated rings. The molecule has 4 rings (SSSR count). The van der Waals surface area contributed by atoms with Gasteiger partial charge in [-0.15, -0.1) is 10.2 Å². The summed E-state index contributed by atoms with van der Waals surface area (Å²) in [6, 6.07) is 5.53. The fraction of sp³-hybridized carbons (Fsp3) is 0.450. The van der Waals surface area contributed by atoms with Crippen LogP contribution in [0.3, 0.4) is 0 Å². The zero-order valence-electron chi connectivity index (χ0n) is 16.7. The Balaban J connectivity index is 1.55. The van der Waals surface area contributed by atoms with Crippen molar-refractivity contribution in [2.75, 3.05) is 0 Å². The lowest BCUT2D eigenvalue weighted by Gasteiger charge is -2.30. The number of aryl methyl sites for hydroxylation is 2. The number of rotatable bonds is 6. The van der Waals surface area contributed by atoms with Gasteiger partial charge in [-0.05, 0) is 68.4 Å². The molecule has 0 radical (unpaired) electrons. The molecule has 0 bridgehead atoms. The van der Waals surface area contributed by atoms with E-state index in [1.165, 1.54) is 0 Å². The van der Waals surface area contributed by atoms with Gasteiger partial charge in [-0.25, -0.2) is 17.8 Å². The predicted molar refractivity (Wildman–Crippen MR) is 109 cm³/mol. The van der Waals surface area contributed by atoms with Crippen LogP contribution < -0.4 is 4.72 Å². The van der Waals surface area contributed by atoms with E-state index in [-0.39, 0.29) is 12.1 Å². The van der Waals surface area contributed by atoms with Crippen LogP contribution in [0.15, 0.2) is 48.1 Å². The molecule has 0 unspecified atom stereocenters. The SMILES string of the molecule is CCc1cc(-n2cc(C)cn2)ccc1S(=O)(=O)N[C@H]1CCC[C@@H](n2cnnc2)C1. The minimum Gasteiger partial charge on any atom is -0.317 e. The molecule has 0 amide bonds.